The summed E-state index contributed by atoms with van der Waals surface area (Å²) in [5.41, 5.74) is 3.44. The Kier molecular flexibility index (Phi) is 2.83. The van der Waals surface area contributed by atoms with Gasteiger partial charge in [-0.2, -0.15) is 5.10 Å². The fourth-order valence-electron chi connectivity index (χ4n) is 2.42. The average molecular weight is 245 g/mol. The molecule has 5 heteroatoms. The van der Waals surface area contributed by atoms with Crippen LogP contribution in [0.25, 0.3) is 5.52 Å². The van der Waals surface area contributed by atoms with Gasteiger partial charge in [-0.25, -0.2) is 4.52 Å². The molecule has 1 N–H and O–H groups in total. The van der Waals surface area contributed by atoms with E-state index in [1.54, 1.807) is 0 Å². The number of fused-ring (bicyclic) bond motifs is 1. The van der Waals surface area contributed by atoms with E-state index in [0.717, 1.165) is 37.4 Å². The maximum absolute atomic E-state index is 4.38. The lowest BCUT2D eigenvalue weighted by Gasteiger charge is -2.33. The van der Waals surface area contributed by atoms with E-state index in [4.69, 9.17) is 0 Å². The zero-order valence-corrected chi connectivity index (χ0v) is 10.9. The molecule has 0 unspecified atom stereocenters. The number of hydrogen-bond acceptors (Lipinski definition) is 4. The van der Waals surface area contributed by atoms with Crippen molar-refractivity contribution in [3.63, 3.8) is 0 Å². The monoisotopic (exact) mass is 245 g/mol. The highest BCUT2D eigenvalue weighted by Gasteiger charge is 2.15. The van der Waals surface area contributed by atoms with Crippen molar-refractivity contribution in [3.05, 3.63) is 24.5 Å². The van der Waals surface area contributed by atoms with Gasteiger partial charge in [0.1, 0.15) is 0 Å². The quantitative estimate of drug-likeness (QED) is 0.860. The minimum absolute atomic E-state index is 1.07. The lowest BCUT2D eigenvalue weighted by atomic mass is 10.2. The molecule has 5 nitrogen and oxygen atoms in total. The number of nitrogens with one attached hydrogen (secondary N) is 1. The molecule has 1 fully saturated rings. The standard InChI is InChI=1S/C13H19N5/c1-14-12-9-15-18-10-11(3-4-13(12)18)17-7-5-16(2)6-8-17/h3-4,9-10,14H,5-8H2,1-2H3. The minimum atomic E-state index is 1.07. The molecule has 2 aromatic rings. The number of pyridine rings is 1. The Morgan fingerprint density at radius 3 is 2.67 bits per heavy atom. The van der Waals surface area contributed by atoms with E-state index in [2.05, 4.69) is 45.6 Å². The maximum Gasteiger partial charge on any atom is 0.0895 e. The van der Waals surface area contributed by atoms with Gasteiger partial charge in [0.15, 0.2) is 0 Å². The van der Waals surface area contributed by atoms with Crippen LogP contribution in [0.1, 0.15) is 0 Å². The Hall–Kier alpha value is -1.75. The number of anilines is 2. The van der Waals surface area contributed by atoms with Gasteiger partial charge >= 0.3 is 0 Å². The summed E-state index contributed by atoms with van der Waals surface area (Å²) in [6, 6.07) is 4.32. The molecule has 0 aromatic carbocycles. The second-order valence-corrected chi connectivity index (χ2v) is 4.82. The summed E-state index contributed by atoms with van der Waals surface area (Å²) in [6.45, 7) is 4.42. The largest absolute Gasteiger partial charge is 0.385 e. The van der Waals surface area contributed by atoms with Gasteiger partial charge in [0.25, 0.3) is 0 Å². The molecule has 1 aliphatic rings. The predicted molar refractivity (Wildman–Crippen MR) is 74.4 cm³/mol. The highest BCUT2D eigenvalue weighted by Crippen LogP contribution is 2.21. The Morgan fingerprint density at radius 1 is 1.17 bits per heavy atom. The van der Waals surface area contributed by atoms with Gasteiger partial charge < -0.3 is 15.1 Å². The summed E-state index contributed by atoms with van der Waals surface area (Å²) >= 11 is 0. The fourth-order valence-corrected chi connectivity index (χ4v) is 2.42. The molecule has 1 aliphatic heterocycles. The maximum atomic E-state index is 4.38. The zero-order valence-electron chi connectivity index (χ0n) is 10.9. The summed E-state index contributed by atoms with van der Waals surface area (Å²) in [4.78, 5) is 4.78. The summed E-state index contributed by atoms with van der Waals surface area (Å²) in [5.74, 6) is 0. The molecule has 0 spiro atoms. The molecule has 3 heterocycles. The Balaban J connectivity index is 1.89. The van der Waals surface area contributed by atoms with Gasteiger partial charge in [0, 0.05) is 33.2 Å². The van der Waals surface area contributed by atoms with E-state index in [9.17, 15) is 0 Å². The third kappa shape index (κ3) is 1.90. The number of piperazine rings is 1. The molecular formula is C13H19N5. The molecule has 0 atom stereocenters. The molecule has 0 amide bonds. The van der Waals surface area contributed by atoms with Crippen LogP contribution in [0, 0.1) is 0 Å². The average Bonchev–Trinajstić information content (AvgIpc) is 2.81. The molecule has 0 bridgehead atoms. The number of nitrogens with zero attached hydrogens (tertiary/aromatic N) is 4. The van der Waals surface area contributed by atoms with Crippen LogP contribution in [0.3, 0.4) is 0 Å². The molecule has 3 rings (SSSR count). The van der Waals surface area contributed by atoms with Crippen molar-refractivity contribution in [1.29, 1.82) is 0 Å². The van der Waals surface area contributed by atoms with Gasteiger partial charge in [0.05, 0.1) is 29.3 Å². The van der Waals surface area contributed by atoms with Gasteiger partial charge in [-0.15, -0.1) is 0 Å². The van der Waals surface area contributed by atoms with Crippen LogP contribution in [0.4, 0.5) is 11.4 Å². The number of aromatic nitrogens is 2. The topological polar surface area (TPSA) is 35.8 Å². The second-order valence-electron chi connectivity index (χ2n) is 4.82. The number of likely N-dealkylation sites (N-methyl/N-ethyl adjacent to an activating group) is 1. The Labute approximate surface area is 107 Å². The normalized spacial score (nSPS) is 17.3. The third-order valence-electron chi connectivity index (χ3n) is 3.64. The summed E-state index contributed by atoms with van der Waals surface area (Å²) < 4.78 is 1.94. The first kappa shape index (κ1) is 11.3. The highest BCUT2D eigenvalue weighted by molar-refractivity contribution is 5.72. The molecule has 0 radical (unpaired) electrons. The highest BCUT2D eigenvalue weighted by atomic mass is 15.3. The van der Waals surface area contributed by atoms with Crippen LogP contribution in [-0.2, 0) is 0 Å². The van der Waals surface area contributed by atoms with Crippen LogP contribution in [0.15, 0.2) is 24.5 Å². The molecule has 1 saturated heterocycles. The Morgan fingerprint density at radius 2 is 1.94 bits per heavy atom. The SMILES string of the molecule is CNc1cnn2cc(N3CCN(C)CC3)ccc12. The van der Waals surface area contributed by atoms with Crippen molar-refractivity contribution >= 4 is 16.9 Å². The van der Waals surface area contributed by atoms with E-state index in [1.807, 2.05) is 17.8 Å². The van der Waals surface area contributed by atoms with Crippen LogP contribution in [0.5, 0.6) is 0 Å². The predicted octanol–water partition coefficient (Wildman–Crippen LogP) is 1.13. The summed E-state index contributed by atoms with van der Waals surface area (Å²) in [6.07, 6.45) is 3.98. The van der Waals surface area contributed by atoms with Crippen LogP contribution in [-0.4, -0.2) is 54.8 Å². The van der Waals surface area contributed by atoms with Gasteiger partial charge in [-0.1, -0.05) is 0 Å². The van der Waals surface area contributed by atoms with Crippen molar-refractivity contribution in [2.24, 2.45) is 0 Å². The fraction of sp³-hybridized carbons (Fsp3) is 0.462. The zero-order chi connectivity index (χ0) is 12.5. The van der Waals surface area contributed by atoms with Crippen LogP contribution >= 0.6 is 0 Å². The third-order valence-corrected chi connectivity index (χ3v) is 3.64. The lowest BCUT2D eigenvalue weighted by Crippen LogP contribution is -2.44. The smallest absolute Gasteiger partial charge is 0.0895 e. The first-order valence-electron chi connectivity index (χ1n) is 6.36. The first-order chi connectivity index (χ1) is 8.78. The van der Waals surface area contributed by atoms with Crippen molar-refractivity contribution in [2.75, 3.05) is 50.5 Å². The molecule has 0 saturated carbocycles. The van der Waals surface area contributed by atoms with Crippen LogP contribution < -0.4 is 10.2 Å². The number of rotatable bonds is 2. The lowest BCUT2D eigenvalue weighted by molar-refractivity contribution is 0.312. The van der Waals surface area contributed by atoms with Crippen molar-refractivity contribution in [3.8, 4) is 0 Å². The van der Waals surface area contributed by atoms with E-state index < -0.39 is 0 Å². The van der Waals surface area contributed by atoms with Gasteiger partial charge in [-0.3, -0.25) is 0 Å². The second kappa shape index (κ2) is 4.49. The van der Waals surface area contributed by atoms with Crippen molar-refractivity contribution in [1.82, 2.24) is 14.5 Å². The van der Waals surface area contributed by atoms with E-state index in [1.165, 1.54) is 5.69 Å². The van der Waals surface area contributed by atoms with Gasteiger partial charge in [0.2, 0.25) is 0 Å². The minimum Gasteiger partial charge on any atom is -0.385 e. The van der Waals surface area contributed by atoms with Crippen molar-refractivity contribution in [2.45, 2.75) is 0 Å². The van der Waals surface area contributed by atoms with E-state index in [0.29, 0.717) is 0 Å². The molecule has 18 heavy (non-hydrogen) atoms. The summed E-state index contributed by atoms with van der Waals surface area (Å²) in [5, 5.41) is 7.53. The molecular weight excluding hydrogens is 226 g/mol. The molecule has 96 valence electrons. The number of hydrogen-bond donors (Lipinski definition) is 1. The molecule has 2 aromatic heterocycles. The van der Waals surface area contributed by atoms with Crippen molar-refractivity contribution < 1.29 is 0 Å². The van der Waals surface area contributed by atoms with E-state index >= 15 is 0 Å². The van der Waals surface area contributed by atoms with Gasteiger partial charge in [-0.05, 0) is 19.2 Å². The summed E-state index contributed by atoms with van der Waals surface area (Å²) in [7, 11) is 4.10. The molecule has 0 aliphatic carbocycles. The Bertz CT molecular complexity index is 539. The van der Waals surface area contributed by atoms with E-state index in [-0.39, 0.29) is 0 Å². The first-order valence-corrected chi connectivity index (χ1v) is 6.36. The van der Waals surface area contributed by atoms with Crippen LogP contribution in [0.2, 0.25) is 0 Å².